The van der Waals surface area contributed by atoms with Crippen LogP contribution in [0, 0.1) is 18.8 Å². The molecule has 0 aliphatic carbocycles. The number of anilines is 2. The number of amides is 2. The molecular formula is C27H40N6O2. The van der Waals surface area contributed by atoms with Gasteiger partial charge in [-0.2, -0.15) is 5.10 Å². The van der Waals surface area contributed by atoms with Crippen LogP contribution in [0.2, 0.25) is 0 Å². The molecule has 0 unspecified atom stereocenters. The summed E-state index contributed by atoms with van der Waals surface area (Å²) in [6.45, 7) is 11.4. The summed E-state index contributed by atoms with van der Waals surface area (Å²) in [5.41, 5.74) is 2.48. The summed E-state index contributed by atoms with van der Waals surface area (Å²) in [7, 11) is 0. The maximum atomic E-state index is 12.8. The zero-order valence-corrected chi connectivity index (χ0v) is 21.4. The summed E-state index contributed by atoms with van der Waals surface area (Å²) in [4.78, 5) is 29.5. The first-order valence-corrected chi connectivity index (χ1v) is 13.1. The van der Waals surface area contributed by atoms with Crippen molar-refractivity contribution in [3.05, 3.63) is 36.0 Å². The molecule has 0 bridgehead atoms. The molecular weight excluding hydrogens is 440 g/mol. The van der Waals surface area contributed by atoms with E-state index in [1.165, 1.54) is 32.9 Å². The van der Waals surface area contributed by atoms with Crippen molar-refractivity contribution in [2.24, 2.45) is 11.8 Å². The fraction of sp³-hybridized carbons (Fsp3) is 0.593. The molecule has 0 radical (unpaired) electrons. The number of hydrogen-bond acceptors (Lipinski definition) is 5. The number of aromatic nitrogens is 2. The van der Waals surface area contributed by atoms with Gasteiger partial charge in [-0.15, -0.1) is 0 Å². The monoisotopic (exact) mass is 480 g/mol. The van der Waals surface area contributed by atoms with Crippen molar-refractivity contribution in [1.29, 1.82) is 0 Å². The van der Waals surface area contributed by atoms with E-state index in [0.29, 0.717) is 0 Å². The lowest BCUT2D eigenvalue weighted by molar-refractivity contribution is -0.125. The number of piperidine rings is 2. The van der Waals surface area contributed by atoms with Crippen LogP contribution < -0.4 is 15.5 Å². The van der Waals surface area contributed by atoms with Crippen LogP contribution in [0.25, 0.3) is 5.69 Å². The topological polar surface area (TPSA) is 82.5 Å². The van der Waals surface area contributed by atoms with E-state index in [2.05, 4.69) is 27.4 Å². The number of rotatable bonds is 8. The number of likely N-dealkylation sites (tertiary alicyclic amines) is 1. The standard InChI is InChI=1S/C27H40N6O2/c1-20-9-7-15-31(19-20)16-8-14-28-26(35)23-12-17-32(18-13-23)27-25(29-22(3)34)21(2)30-33(27)24-10-5-4-6-11-24/h4-6,10-11,20,23H,7-9,12-19H2,1-3H3,(H,28,35)(H,29,34)/t20-/m1/s1. The molecule has 2 saturated heterocycles. The molecule has 2 aliphatic rings. The third-order valence-electron chi connectivity index (χ3n) is 7.19. The molecule has 2 aliphatic heterocycles. The van der Waals surface area contributed by atoms with Crippen LogP contribution in [0.15, 0.2) is 30.3 Å². The Hall–Kier alpha value is -2.87. The van der Waals surface area contributed by atoms with Crippen LogP contribution in [-0.2, 0) is 9.59 Å². The van der Waals surface area contributed by atoms with Crippen molar-refractivity contribution >= 4 is 23.3 Å². The van der Waals surface area contributed by atoms with E-state index in [4.69, 9.17) is 5.10 Å². The van der Waals surface area contributed by atoms with Gasteiger partial charge >= 0.3 is 0 Å². The Kier molecular flexibility index (Phi) is 8.44. The second-order valence-electron chi connectivity index (χ2n) is 10.2. The highest BCUT2D eigenvalue weighted by atomic mass is 16.2. The molecule has 190 valence electrons. The van der Waals surface area contributed by atoms with Gasteiger partial charge in [-0.3, -0.25) is 9.59 Å². The zero-order chi connectivity index (χ0) is 24.8. The molecule has 0 saturated carbocycles. The Bertz CT molecular complexity index is 997. The SMILES string of the molecule is CC(=O)Nc1c(C)nn(-c2ccccc2)c1N1CCC(C(=O)NCCCN2CCC[C@@H](C)C2)CC1. The molecule has 2 amide bonds. The molecule has 1 aromatic carbocycles. The molecule has 0 spiro atoms. The minimum Gasteiger partial charge on any atom is -0.356 e. The van der Waals surface area contributed by atoms with Gasteiger partial charge in [0.05, 0.1) is 11.4 Å². The summed E-state index contributed by atoms with van der Waals surface area (Å²) in [5.74, 6) is 1.76. The van der Waals surface area contributed by atoms with Crippen LogP contribution >= 0.6 is 0 Å². The number of benzene rings is 1. The minimum absolute atomic E-state index is 0.0275. The molecule has 35 heavy (non-hydrogen) atoms. The molecule has 4 rings (SSSR count). The first-order valence-electron chi connectivity index (χ1n) is 13.1. The van der Waals surface area contributed by atoms with E-state index in [-0.39, 0.29) is 17.7 Å². The predicted octanol–water partition coefficient (Wildman–Crippen LogP) is 3.59. The second-order valence-corrected chi connectivity index (χ2v) is 10.2. The number of para-hydroxylation sites is 1. The average molecular weight is 481 g/mol. The Balaban J connectivity index is 1.34. The number of carbonyl (C=O) groups excluding carboxylic acids is 2. The molecule has 2 fully saturated rings. The fourth-order valence-corrected chi connectivity index (χ4v) is 5.38. The largest absolute Gasteiger partial charge is 0.356 e. The second kappa shape index (κ2) is 11.7. The first-order chi connectivity index (χ1) is 16.9. The fourth-order valence-electron chi connectivity index (χ4n) is 5.38. The highest BCUT2D eigenvalue weighted by molar-refractivity contribution is 5.93. The van der Waals surface area contributed by atoms with Gasteiger partial charge in [0, 0.05) is 39.0 Å². The summed E-state index contributed by atoms with van der Waals surface area (Å²) in [5, 5.41) is 10.9. The lowest BCUT2D eigenvalue weighted by atomic mass is 9.95. The lowest BCUT2D eigenvalue weighted by Gasteiger charge is -2.34. The molecule has 1 aromatic heterocycles. The first kappa shape index (κ1) is 25.2. The summed E-state index contributed by atoms with van der Waals surface area (Å²) in [6, 6.07) is 9.97. The Morgan fingerprint density at radius 3 is 2.51 bits per heavy atom. The summed E-state index contributed by atoms with van der Waals surface area (Å²) in [6.07, 6.45) is 5.21. The van der Waals surface area contributed by atoms with Crippen molar-refractivity contribution in [1.82, 2.24) is 20.0 Å². The van der Waals surface area contributed by atoms with E-state index in [0.717, 1.165) is 74.2 Å². The van der Waals surface area contributed by atoms with Gasteiger partial charge in [0.15, 0.2) is 5.82 Å². The highest BCUT2D eigenvalue weighted by Crippen LogP contribution is 2.34. The summed E-state index contributed by atoms with van der Waals surface area (Å²) >= 11 is 0. The Morgan fingerprint density at radius 2 is 1.83 bits per heavy atom. The van der Waals surface area contributed by atoms with Gasteiger partial charge < -0.3 is 20.4 Å². The van der Waals surface area contributed by atoms with Gasteiger partial charge in [-0.25, -0.2) is 4.68 Å². The van der Waals surface area contributed by atoms with Crippen LogP contribution in [0.5, 0.6) is 0 Å². The van der Waals surface area contributed by atoms with E-state index < -0.39 is 0 Å². The smallest absolute Gasteiger partial charge is 0.223 e. The van der Waals surface area contributed by atoms with E-state index in [1.54, 1.807) is 0 Å². The Morgan fingerprint density at radius 1 is 1.09 bits per heavy atom. The number of hydrogen-bond donors (Lipinski definition) is 2. The third-order valence-corrected chi connectivity index (χ3v) is 7.19. The number of nitrogens with one attached hydrogen (secondary N) is 2. The van der Waals surface area contributed by atoms with Crippen LogP contribution in [0.4, 0.5) is 11.5 Å². The molecule has 2 N–H and O–H groups in total. The molecule has 3 heterocycles. The normalized spacial score (nSPS) is 19.5. The van der Waals surface area contributed by atoms with E-state index in [1.807, 2.05) is 41.9 Å². The van der Waals surface area contributed by atoms with Crippen LogP contribution in [0.1, 0.15) is 51.6 Å². The summed E-state index contributed by atoms with van der Waals surface area (Å²) < 4.78 is 1.91. The number of aryl methyl sites for hydroxylation is 1. The average Bonchev–Trinajstić information content (AvgIpc) is 3.17. The number of nitrogens with zero attached hydrogens (tertiary/aromatic N) is 4. The van der Waals surface area contributed by atoms with Crippen molar-refractivity contribution in [3.8, 4) is 5.69 Å². The zero-order valence-electron chi connectivity index (χ0n) is 21.4. The maximum Gasteiger partial charge on any atom is 0.223 e. The maximum absolute atomic E-state index is 12.8. The predicted molar refractivity (Wildman–Crippen MR) is 140 cm³/mol. The van der Waals surface area contributed by atoms with Gasteiger partial charge in [0.25, 0.3) is 0 Å². The van der Waals surface area contributed by atoms with Crippen LogP contribution in [0.3, 0.4) is 0 Å². The lowest BCUT2D eigenvalue weighted by Crippen LogP contribution is -2.42. The molecule has 1 atom stereocenters. The Labute approximate surface area is 209 Å². The highest BCUT2D eigenvalue weighted by Gasteiger charge is 2.29. The molecule has 8 heteroatoms. The van der Waals surface area contributed by atoms with Gasteiger partial charge in [-0.1, -0.05) is 25.1 Å². The van der Waals surface area contributed by atoms with Crippen molar-refractivity contribution in [2.45, 2.75) is 52.9 Å². The van der Waals surface area contributed by atoms with Gasteiger partial charge in [0.1, 0.15) is 5.69 Å². The molecule has 2 aromatic rings. The third kappa shape index (κ3) is 6.42. The van der Waals surface area contributed by atoms with E-state index in [9.17, 15) is 9.59 Å². The number of carbonyl (C=O) groups is 2. The van der Waals surface area contributed by atoms with Crippen molar-refractivity contribution in [3.63, 3.8) is 0 Å². The quantitative estimate of drug-likeness (QED) is 0.564. The molecule has 8 nitrogen and oxygen atoms in total. The van der Waals surface area contributed by atoms with Gasteiger partial charge in [-0.05, 0) is 70.2 Å². The van der Waals surface area contributed by atoms with Gasteiger partial charge in [0.2, 0.25) is 11.8 Å². The minimum atomic E-state index is -0.116. The van der Waals surface area contributed by atoms with Crippen molar-refractivity contribution < 1.29 is 9.59 Å². The van der Waals surface area contributed by atoms with Crippen LogP contribution in [-0.4, -0.2) is 65.8 Å². The van der Waals surface area contributed by atoms with E-state index >= 15 is 0 Å². The van der Waals surface area contributed by atoms with Crippen molar-refractivity contribution in [2.75, 3.05) is 49.5 Å².